The average Bonchev–Trinajstić information content (AvgIpc) is 3.42. The molecule has 4 nitrogen and oxygen atoms in total. The summed E-state index contributed by atoms with van der Waals surface area (Å²) >= 11 is 5.97. The Labute approximate surface area is 156 Å². The Balaban J connectivity index is 1.59. The Hall–Kier alpha value is -2.40. The molecule has 0 heterocycles. The zero-order chi connectivity index (χ0) is 18.7. The summed E-state index contributed by atoms with van der Waals surface area (Å²) in [6.07, 6.45) is 1.39. The highest BCUT2D eigenvalue weighted by molar-refractivity contribution is 6.31. The van der Waals surface area contributed by atoms with Gasteiger partial charge in [-0.05, 0) is 55.5 Å². The molecule has 2 amide bonds. The molecule has 0 spiro atoms. The first-order valence-electron chi connectivity index (χ1n) is 8.52. The lowest BCUT2D eigenvalue weighted by Crippen LogP contribution is -2.40. The number of anilines is 1. The lowest BCUT2D eigenvalue weighted by atomic mass is 10.0. The van der Waals surface area contributed by atoms with E-state index >= 15 is 0 Å². The molecule has 6 heteroatoms. The molecule has 0 atom stereocenters. The molecule has 0 bridgehead atoms. The Morgan fingerprint density at radius 1 is 1.15 bits per heavy atom. The standard InChI is InChI=1S/C20H20ClFN2O2/c1-13-6-7-15(21)12-17(13)24-19(26)20(9-10-20)18(25)23-11-8-14-4-2-3-5-16(14)22/h2-7,12H,8-11H2,1H3,(H,23,25)(H,24,26). The van der Waals surface area contributed by atoms with Crippen LogP contribution in [0.2, 0.25) is 5.02 Å². The van der Waals surface area contributed by atoms with E-state index in [0.717, 1.165) is 5.56 Å². The SMILES string of the molecule is Cc1ccc(Cl)cc1NC(=O)C1(C(=O)NCCc2ccccc2F)CC1. The number of carbonyl (C=O) groups excluding carboxylic acids is 2. The van der Waals surface area contributed by atoms with Gasteiger partial charge in [-0.1, -0.05) is 35.9 Å². The molecular formula is C20H20ClFN2O2. The summed E-state index contributed by atoms with van der Waals surface area (Å²) < 4.78 is 13.6. The Kier molecular flexibility index (Phi) is 5.28. The highest BCUT2D eigenvalue weighted by atomic mass is 35.5. The van der Waals surface area contributed by atoms with Gasteiger partial charge in [-0.15, -0.1) is 0 Å². The van der Waals surface area contributed by atoms with Gasteiger partial charge in [-0.25, -0.2) is 4.39 Å². The molecule has 3 rings (SSSR count). The van der Waals surface area contributed by atoms with E-state index in [1.807, 2.05) is 13.0 Å². The quantitative estimate of drug-likeness (QED) is 0.754. The van der Waals surface area contributed by atoms with Crippen LogP contribution in [0.5, 0.6) is 0 Å². The van der Waals surface area contributed by atoms with Crippen molar-refractivity contribution in [3.8, 4) is 0 Å². The van der Waals surface area contributed by atoms with Crippen LogP contribution < -0.4 is 10.6 Å². The van der Waals surface area contributed by atoms with Gasteiger partial charge in [0.25, 0.3) is 0 Å². The molecule has 1 aliphatic rings. The minimum absolute atomic E-state index is 0.283. The molecule has 0 saturated heterocycles. The van der Waals surface area contributed by atoms with Crippen LogP contribution in [0.25, 0.3) is 0 Å². The van der Waals surface area contributed by atoms with Crippen LogP contribution >= 0.6 is 11.6 Å². The number of hydrogen-bond donors (Lipinski definition) is 2. The first kappa shape index (κ1) is 18.4. The maximum absolute atomic E-state index is 13.6. The van der Waals surface area contributed by atoms with Crippen LogP contribution in [0.3, 0.4) is 0 Å². The molecule has 26 heavy (non-hydrogen) atoms. The zero-order valence-corrected chi connectivity index (χ0v) is 15.2. The van der Waals surface area contributed by atoms with Gasteiger partial charge in [0, 0.05) is 17.3 Å². The van der Waals surface area contributed by atoms with E-state index in [1.54, 1.807) is 30.3 Å². The Bertz CT molecular complexity index is 849. The van der Waals surface area contributed by atoms with E-state index in [2.05, 4.69) is 10.6 Å². The summed E-state index contributed by atoms with van der Waals surface area (Å²) in [4.78, 5) is 25.1. The van der Waals surface area contributed by atoms with Crippen molar-refractivity contribution in [3.63, 3.8) is 0 Å². The molecule has 0 radical (unpaired) electrons. The summed E-state index contributed by atoms with van der Waals surface area (Å²) in [5.41, 5.74) is 0.979. The van der Waals surface area contributed by atoms with Gasteiger partial charge in [0.2, 0.25) is 11.8 Å². The molecule has 2 aromatic carbocycles. The minimum Gasteiger partial charge on any atom is -0.355 e. The lowest BCUT2D eigenvalue weighted by Gasteiger charge is -2.16. The maximum Gasteiger partial charge on any atom is 0.240 e. The monoisotopic (exact) mass is 374 g/mol. The molecule has 1 saturated carbocycles. The third kappa shape index (κ3) is 3.88. The normalized spacial score (nSPS) is 14.6. The van der Waals surface area contributed by atoms with Crippen LogP contribution in [0.1, 0.15) is 24.0 Å². The molecule has 2 aromatic rings. The topological polar surface area (TPSA) is 58.2 Å². The molecule has 1 fully saturated rings. The van der Waals surface area contributed by atoms with Crippen molar-refractivity contribution in [2.24, 2.45) is 5.41 Å². The van der Waals surface area contributed by atoms with Crippen molar-refractivity contribution in [2.75, 3.05) is 11.9 Å². The van der Waals surface area contributed by atoms with Crippen LogP contribution in [-0.2, 0) is 16.0 Å². The van der Waals surface area contributed by atoms with E-state index in [-0.39, 0.29) is 24.2 Å². The molecule has 0 aromatic heterocycles. The van der Waals surface area contributed by atoms with E-state index < -0.39 is 5.41 Å². The lowest BCUT2D eigenvalue weighted by molar-refractivity contribution is -0.134. The van der Waals surface area contributed by atoms with E-state index in [9.17, 15) is 14.0 Å². The van der Waals surface area contributed by atoms with Crippen molar-refractivity contribution >= 4 is 29.1 Å². The number of amides is 2. The summed E-state index contributed by atoms with van der Waals surface area (Å²) in [5.74, 6) is -0.936. The second-order valence-electron chi connectivity index (χ2n) is 6.59. The molecule has 0 unspecified atom stereocenters. The van der Waals surface area contributed by atoms with Crippen molar-refractivity contribution in [1.82, 2.24) is 5.32 Å². The van der Waals surface area contributed by atoms with Gasteiger partial charge < -0.3 is 10.6 Å². The highest BCUT2D eigenvalue weighted by Crippen LogP contribution is 2.47. The fraction of sp³-hybridized carbons (Fsp3) is 0.300. The van der Waals surface area contributed by atoms with E-state index in [0.29, 0.717) is 35.5 Å². The summed E-state index contributed by atoms with van der Waals surface area (Å²) in [7, 11) is 0. The van der Waals surface area contributed by atoms with Crippen LogP contribution in [0.15, 0.2) is 42.5 Å². The number of carbonyl (C=O) groups is 2. The van der Waals surface area contributed by atoms with Crippen molar-refractivity contribution < 1.29 is 14.0 Å². The van der Waals surface area contributed by atoms with E-state index in [1.165, 1.54) is 6.07 Å². The number of nitrogens with one attached hydrogen (secondary N) is 2. The number of rotatable bonds is 6. The summed E-state index contributed by atoms with van der Waals surface area (Å²) in [5, 5.41) is 6.09. The van der Waals surface area contributed by atoms with Gasteiger partial charge in [-0.2, -0.15) is 0 Å². The first-order valence-corrected chi connectivity index (χ1v) is 8.89. The van der Waals surface area contributed by atoms with Crippen LogP contribution in [-0.4, -0.2) is 18.4 Å². The van der Waals surface area contributed by atoms with Gasteiger partial charge >= 0.3 is 0 Å². The number of aryl methyl sites for hydroxylation is 1. The largest absolute Gasteiger partial charge is 0.355 e. The molecule has 0 aliphatic heterocycles. The Morgan fingerprint density at radius 3 is 2.58 bits per heavy atom. The fourth-order valence-corrected chi connectivity index (χ4v) is 3.01. The third-order valence-electron chi connectivity index (χ3n) is 4.70. The van der Waals surface area contributed by atoms with E-state index in [4.69, 9.17) is 11.6 Å². The predicted octanol–water partition coefficient (Wildman–Crippen LogP) is 3.87. The highest BCUT2D eigenvalue weighted by Gasteiger charge is 2.56. The van der Waals surface area contributed by atoms with Crippen molar-refractivity contribution in [3.05, 3.63) is 64.4 Å². The minimum atomic E-state index is -1.04. The second-order valence-corrected chi connectivity index (χ2v) is 7.03. The van der Waals surface area contributed by atoms with Crippen molar-refractivity contribution in [2.45, 2.75) is 26.2 Å². The number of benzene rings is 2. The summed E-state index contributed by atoms with van der Waals surface area (Å²) in [6, 6.07) is 11.7. The van der Waals surface area contributed by atoms with Crippen molar-refractivity contribution in [1.29, 1.82) is 0 Å². The van der Waals surface area contributed by atoms with Gasteiger partial charge in [0.1, 0.15) is 11.2 Å². The maximum atomic E-state index is 13.6. The smallest absolute Gasteiger partial charge is 0.240 e. The molecule has 136 valence electrons. The Morgan fingerprint density at radius 2 is 1.88 bits per heavy atom. The molecule has 1 aliphatic carbocycles. The number of hydrogen-bond acceptors (Lipinski definition) is 2. The summed E-state index contributed by atoms with van der Waals surface area (Å²) in [6.45, 7) is 2.14. The van der Waals surface area contributed by atoms with Crippen LogP contribution in [0, 0.1) is 18.2 Å². The molecular weight excluding hydrogens is 355 g/mol. The van der Waals surface area contributed by atoms with Gasteiger partial charge in [0.05, 0.1) is 0 Å². The second kappa shape index (κ2) is 7.46. The number of halogens is 2. The first-order chi connectivity index (χ1) is 12.4. The fourth-order valence-electron chi connectivity index (χ4n) is 2.83. The third-order valence-corrected chi connectivity index (χ3v) is 4.94. The van der Waals surface area contributed by atoms with Crippen LogP contribution in [0.4, 0.5) is 10.1 Å². The average molecular weight is 375 g/mol. The molecule has 2 N–H and O–H groups in total. The van der Waals surface area contributed by atoms with Gasteiger partial charge in [0.15, 0.2) is 0 Å². The predicted molar refractivity (Wildman–Crippen MR) is 99.6 cm³/mol. The zero-order valence-electron chi connectivity index (χ0n) is 14.4. The van der Waals surface area contributed by atoms with Gasteiger partial charge in [-0.3, -0.25) is 9.59 Å².